The number of hydrogen-bond acceptors (Lipinski definition) is 6. The van der Waals surface area contributed by atoms with Crippen LogP contribution in [0.1, 0.15) is 23.3 Å². The minimum Gasteiger partial charge on any atom is -0.348 e. The number of rotatable bonds is 6. The Labute approximate surface area is 139 Å². The number of hydrogen-bond donors (Lipinski definition) is 0. The highest BCUT2D eigenvalue weighted by Crippen LogP contribution is 2.23. The fourth-order valence-corrected chi connectivity index (χ4v) is 2.16. The Morgan fingerprint density at radius 3 is 2.75 bits per heavy atom. The van der Waals surface area contributed by atoms with Gasteiger partial charge in [-0.05, 0) is 17.7 Å². The molecule has 0 aliphatic rings. The predicted octanol–water partition coefficient (Wildman–Crippen LogP) is 3.47. The molecule has 0 spiro atoms. The van der Waals surface area contributed by atoms with Crippen molar-refractivity contribution in [3.8, 4) is 17.5 Å². The number of methoxy groups -OCH3 is 1. The number of ether oxygens (including phenoxy) is 2. The maximum atomic E-state index is 8.96. The third-order valence-electron chi connectivity index (χ3n) is 3.35. The molecule has 0 amide bonds. The van der Waals surface area contributed by atoms with Crippen LogP contribution in [-0.2, 0) is 16.1 Å². The molecule has 0 N–H and O–H groups in total. The van der Waals surface area contributed by atoms with Crippen molar-refractivity contribution in [2.75, 3.05) is 7.11 Å². The van der Waals surface area contributed by atoms with Crippen LogP contribution >= 0.6 is 0 Å². The van der Waals surface area contributed by atoms with E-state index in [0.29, 0.717) is 23.6 Å². The molecule has 1 unspecified atom stereocenters. The van der Waals surface area contributed by atoms with Crippen LogP contribution in [0.4, 0.5) is 0 Å². The van der Waals surface area contributed by atoms with Crippen molar-refractivity contribution in [1.29, 1.82) is 5.26 Å². The first-order valence-electron chi connectivity index (χ1n) is 7.32. The molecule has 0 bridgehead atoms. The van der Waals surface area contributed by atoms with Gasteiger partial charge in [0.05, 0.1) is 18.2 Å². The quantitative estimate of drug-likeness (QED) is 0.647. The van der Waals surface area contributed by atoms with Gasteiger partial charge in [0.25, 0.3) is 5.89 Å². The summed E-state index contributed by atoms with van der Waals surface area (Å²) in [5.41, 5.74) is 2.24. The summed E-state index contributed by atoms with van der Waals surface area (Å²) in [6.07, 6.45) is -0.759. The summed E-state index contributed by atoms with van der Waals surface area (Å²) in [5, 5.41) is 12.9. The third-order valence-corrected chi connectivity index (χ3v) is 3.35. The van der Waals surface area contributed by atoms with Crippen LogP contribution in [0.2, 0.25) is 0 Å². The molecule has 0 saturated heterocycles. The zero-order chi connectivity index (χ0) is 16.8. The summed E-state index contributed by atoms with van der Waals surface area (Å²) < 4.78 is 16.2. The SMILES string of the molecule is COC(OCc1ccccc1)c1nc(-c2cccc(C#N)c2)no1. The van der Waals surface area contributed by atoms with E-state index in [-0.39, 0.29) is 5.89 Å². The Bertz CT molecular complexity index is 840. The highest BCUT2D eigenvalue weighted by Gasteiger charge is 2.20. The Morgan fingerprint density at radius 2 is 2.00 bits per heavy atom. The maximum Gasteiger partial charge on any atom is 0.283 e. The lowest BCUT2D eigenvalue weighted by Crippen LogP contribution is -2.07. The van der Waals surface area contributed by atoms with Crippen LogP contribution in [0, 0.1) is 11.3 Å². The van der Waals surface area contributed by atoms with E-state index in [1.54, 1.807) is 18.2 Å². The van der Waals surface area contributed by atoms with Crippen LogP contribution in [0.15, 0.2) is 59.1 Å². The zero-order valence-corrected chi connectivity index (χ0v) is 13.0. The minimum absolute atomic E-state index is 0.228. The van der Waals surface area contributed by atoms with Crippen LogP contribution < -0.4 is 0 Å². The van der Waals surface area contributed by atoms with Crippen LogP contribution in [-0.4, -0.2) is 17.3 Å². The van der Waals surface area contributed by atoms with Crippen LogP contribution in [0.5, 0.6) is 0 Å². The molecule has 1 aromatic heterocycles. The monoisotopic (exact) mass is 321 g/mol. The topological polar surface area (TPSA) is 81.2 Å². The molecule has 1 heterocycles. The van der Waals surface area contributed by atoms with E-state index in [4.69, 9.17) is 19.3 Å². The van der Waals surface area contributed by atoms with E-state index < -0.39 is 6.29 Å². The maximum absolute atomic E-state index is 8.96. The second-order valence-electron chi connectivity index (χ2n) is 5.01. The van der Waals surface area contributed by atoms with Gasteiger partial charge in [0.15, 0.2) is 0 Å². The van der Waals surface area contributed by atoms with Gasteiger partial charge in [0, 0.05) is 12.7 Å². The van der Waals surface area contributed by atoms with E-state index in [0.717, 1.165) is 5.56 Å². The normalized spacial score (nSPS) is 11.8. The first-order valence-corrected chi connectivity index (χ1v) is 7.32. The van der Waals surface area contributed by atoms with Crippen molar-refractivity contribution >= 4 is 0 Å². The molecule has 6 nitrogen and oxygen atoms in total. The van der Waals surface area contributed by atoms with Crippen molar-refractivity contribution < 1.29 is 14.0 Å². The summed E-state index contributed by atoms with van der Waals surface area (Å²) in [6, 6.07) is 18.8. The van der Waals surface area contributed by atoms with Crippen LogP contribution in [0.3, 0.4) is 0 Å². The van der Waals surface area contributed by atoms with Crippen molar-refractivity contribution in [1.82, 2.24) is 10.1 Å². The predicted molar refractivity (Wildman–Crippen MR) is 85.4 cm³/mol. The largest absolute Gasteiger partial charge is 0.348 e. The minimum atomic E-state index is -0.759. The fourth-order valence-electron chi connectivity index (χ4n) is 2.16. The second kappa shape index (κ2) is 7.51. The lowest BCUT2D eigenvalue weighted by molar-refractivity contribution is -0.150. The van der Waals surface area contributed by atoms with E-state index >= 15 is 0 Å². The van der Waals surface area contributed by atoms with Crippen LogP contribution in [0.25, 0.3) is 11.4 Å². The third kappa shape index (κ3) is 3.66. The van der Waals surface area contributed by atoms with Gasteiger partial charge in [-0.25, -0.2) is 0 Å². The van der Waals surface area contributed by atoms with E-state index in [1.165, 1.54) is 7.11 Å². The molecule has 0 aliphatic carbocycles. The average molecular weight is 321 g/mol. The molecule has 6 heteroatoms. The lowest BCUT2D eigenvalue weighted by Gasteiger charge is -2.11. The molecule has 0 aliphatic heterocycles. The van der Waals surface area contributed by atoms with Gasteiger partial charge in [-0.3, -0.25) is 0 Å². The molecule has 0 fully saturated rings. The number of benzene rings is 2. The Hall–Kier alpha value is -3.01. The molecule has 3 rings (SSSR count). The van der Waals surface area contributed by atoms with Crippen molar-refractivity contribution in [3.05, 3.63) is 71.6 Å². The average Bonchev–Trinajstić information content (AvgIpc) is 3.13. The Morgan fingerprint density at radius 1 is 1.17 bits per heavy atom. The number of nitriles is 1. The van der Waals surface area contributed by atoms with Gasteiger partial charge in [-0.2, -0.15) is 10.2 Å². The standard InChI is InChI=1S/C18H15N3O3/c1-22-18(23-12-13-6-3-2-4-7-13)17-20-16(21-24-17)15-9-5-8-14(10-15)11-19/h2-10,18H,12H2,1H3. The fraction of sp³-hybridized carbons (Fsp3) is 0.167. The van der Waals surface area contributed by atoms with Gasteiger partial charge >= 0.3 is 0 Å². The Kier molecular flexibility index (Phi) is 4.96. The first kappa shape index (κ1) is 15.9. The molecule has 2 aromatic carbocycles. The molecule has 120 valence electrons. The molecule has 0 saturated carbocycles. The van der Waals surface area contributed by atoms with Gasteiger partial charge < -0.3 is 14.0 Å². The smallest absolute Gasteiger partial charge is 0.283 e. The number of nitrogens with zero attached hydrogens (tertiary/aromatic N) is 3. The summed E-state index contributed by atoms with van der Waals surface area (Å²) >= 11 is 0. The van der Waals surface area contributed by atoms with E-state index in [2.05, 4.69) is 16.2 Å². The zero-order valence-electron chi connectivity index (χ0n) is 13.0. The van der Waals surface area contributed by atoms with Crippen molar-refractivity contribution in [2.24, 2.45) is 0 Å². The van der Waals surface area contributed by atoms with E-state index in [9.17, 15) is 0 Å². The lowest BCUT2D eigenvalue weighted by atomic mass is 10.1. The first-order chi connectivity index (χ1) is 11.8. The molecular formula is C18H15N3O3. The highest BCUT2D eigenvalue weighted by atomic mass is 16.7. The van der Waals surface area contributed by atoms with Gasteiger partial charge in [-0.15, -0.1) is 0 Å². The molecule has 1 atom stereocenters. The summed E-state index contributed by atoms with van der Waals surface area (Å²) in [6.45, 7) is 0.362. The van der Waals surface area contributed by atoms with Crippen molar-refractivity contribution in [2.45, 2.75) is 12.9 Å². The second-order valence-corrected chi connectivity index (χ2v) is 5.01. The summed E-state index contributed by atoms with van der Waals surface area (Å²) in [4.78, 5) is 4.30. The molecule has 0 radical (unpaired) electrons. The molecule has 3 aromatic rings. The summed E-state index contributed by atoms with van der Waals surface area (Å²) in [7, 11) is 1.51. The van der Waals surface area contributed by atoms with Gasteiger partial charge in [0.1, 0.15) is 0 Å². The highest BCUT2D eigenvalue weighted by molar-refractivity contribution is 5.57. The summed E-state index contributed by atoms with van der Waals surface area (Å²) in [5.74, 6) is 0.609. The van der Waals surface area contributed by atoms with Crippen molar-refractivity contribution in [3.63, 3.8) is 0 Å². The molecule has 24 heavy (non-hydrogen) atoms. The molecular weight excluding hydrogens is 306 g/mol. The van der Waals surface area contributed by atoms with Gasteiger partial charge in [-0.1, -0.05) is 47.6 Å². The number of aromatic nitrogens is 2. The van der Waals surface area contributed by atoms with E-state index in [1.807, 2.05) is 36.4 Å². The van der Waals surface area contributed by atoms with Gasteiger partial charge in [0.2, 0.25) is 12.1 Å². The Balaban J connectivity index is 1.74.